The van der Waals surface area contributed by atoms with Crippen molar-refractivity contribution in [3.8, 4) is 0 Å². The molecule has 1 spiro atoms. The first kappa shape index (κ1) is 12.9. The van der Waals surface area contributed by atoms with Crippen molar-refractivity contribution < 1.29 is 9.53 Å². The number of rotatable bonds is 2. The minimum absolute atomic E-state index is 0.0128. The van der Waals surface area contributed by atoms with Crippen LogP contribution in [0.15, 0.2) is 0 Å². The second kappa shape index (κ2) is 4.97. The van der Waals surface area contributed by atoms with Crippen LogP contribution in [0.2, 0.25) is 0 Å². The van der Waals surface area contributed by atoms with E-state index in [4.69, 9.17) is 4.74 Å². The normalized spacial score (nSPS) is 41.7. The summed E-state index contributed by atoms with van der Waals surface area (Å²) in [7, 11) is 0. The Kier molecular flexibility index (Phi) is 3.76. The first-order valence-corrected chi connectivity index (χ1v) is 6.95. The summed E-state index contributed by atoms with van der Waals surface area (Å²) in [6.45, 7) is 8.81. The molecule has 3 atom stereocenters. The molecule has 0 radical (unpaired) electrons. The Labute approximate surface area is 104 Å². The van der Waals surface area contributed by atoms with Crippen molar-refractivity contribution in [2.24, 2.45) is 23.2 Å². The van der Waals surface area contributed by atoms with E-state index in [2.05, 4.69) is 19.2 Å². The summed E-state index contributed by atoms with van der Waals surface area (Å²) in [5.74, 6) is 1.55. The molecule has 1 N–H and O–H groups in total. The molecule has 0 aromatic heterocycles. The molecule has 2 fully saturated rings. The number of carbonyl (C=O) groups is 1. The van der Waals surface area contributed by atoms with Crippen LogP contribution in [0.4, 0.5) is 0 Å². The number of esters is 1. The fourth-order valence-corrected chi connectivity index (χ4v) is 4.14. The van der Waals surface area contributed by atoms with Gasteiger partial charge in [-0.3, -0.25) is 4.79 Å². The Morgan fingerprint density at radius 3 is 2.59 bits per heavy atom. The Bertz CT molecular complexity index is 280. The molecule has 2 rings (SSSR count). The molecule has 0 bridgehead atoms. The van der Waals surface area contributed by atoms with Gasteiger partial charge >= 0.3 is 5.97 Å². The fraction of sp³-hybridized carbons (Fsp3) is 0.929. The van der Waals surface area contributed by atoms with Gasteiger partial charge in [-0.2, -0.15) is 0 Å². The van der Waals surface area contributed by atoms with Crippen molar-refractivity contribution >= 4 is 5.97 Å². The molecule has 1 aliphatic carbocycles. The predicted molar refractivity (Wildman–Crippen MR) is 67.6 cm³/mol. The molecular weight excluding hydrogens is 214 g/mol. The van der Waals surface area contributed by atoms with E-state index in [1.165, 1.54) is 19.3 Å². The molecule has 0 amide bonds. The lowest BCUT2D eigenvalue weighted by Gasteiger charge is -2.42. The summed E-state index contributed by atoms with van der Waals surface area (Å²) in [4.78, 5) is 12.1. The zero-order valence-electron chi connectivity index (χ0n) is 11.3. The highest BCUT2D eigenvalue weighted by Gasteiger charge is 2.50. The maximum absolute atomic E-state index is 12.1. The fourth-order valence-electron chi connectivity index (χ4n) is 4.14. The van der Waals surface area contributed by atoms with Gasteiger partial charge in [0.25, 0.3) is 0 Å². The quantitative estimate of drug-likeness (QED) is 0.751. The molecule has 1 aliphatic heterocycles. The lowest BCUT2D eigenvalue weighted by atomic mass is 9.62. The van der Waals surface area contributed by atoms with Gasteiger partial charge in [-0.15, -0.1) is 0 Å². The number of carbonyl (C=O) groups excluding carboxylic acids is 1. The molecule has 98 valence electrons. The zero-order chi connectivity index (χ0) is 12.5. The number of hydrogen-bond donors (Lipinski definition) is 1. The number of ether oxygens (including phenoxy) is 1. The molecule has 1 saturated carbocycles. The summed E-state index contributed by atoms with van der Waals surface area (Å²) in [5, 5.41) is 3.41. The van der Waals surface area contributed by atoms with Crippen molar-refractivity contribution in [1.29, 1.82) is 0 Å². The van der Waals surface area contributed by atoms with Crippen LogP contribution in [0.25, 0.3) is 0 Å². The summed E-state index contributed by atoms with van der Waals surface area (Å²) in [6.07, 6.45) is 3.65. The minimum atomic E-state index is 0.0128. The second-order valence-corrected chi connectivity index (χ2v) is 6.15. The maximum atomic E-state index is 12.1. The van der Waals surface area contributed by atoms with Crippen LogP contribution in [-0.2, 0) is 9.53 Å². The average Bonchev–Trinajstić information content (AvgIpc) is 2.59. The summed E-state index contributed by atoms with van der Waals surface area (Å²) >= 11 is 0. The molecule has 3 heteroatoms. The second-order valence-electron chi connectivity index (χ2n) is 6.15. The van der Waals surface area contributed by atoms with Crippen LogP contribution < -0.4 is 5.32 Å². The number of nitrogens with one attached hydrogen (secondary N) is 1. The summed E-state index contributed by atoms with van der Waals surface area (Å²) < 4.78 is 5.24. The van der Waals surface area contributed by atoms with Gasteiger partial charge in [0.1, 0.15) is 0 Å². The van der Waals surface area contributed by atoms with Crippen molar-refractivity contribution in [3.05, 3.63) is 0 Å². The van der Waals surface area contributed by atoms with Crippen LogP contribution >= 0.6 is 0 Å². The van der Waals surface area contributed by atoms with E-state index < -0.39 is 0 Å². The van der Waals surface area contributed by atoms with Gasteiger partial charge in [-0.1, -0.05) is 13.8 Å². The van der Waals surface area contributed by atoms with Gasteiger partial charge in [-0.25, -0.2) is 0 Å². The molecular formula is C14H25NO2. The van der Waals surface area contributed by atoms with Crippen LogP contribution in [0.5, 0.6) is 0 Å². The molecule has 1 heterocycles. The third-order valence-electron chi connectivity index (χ3n) is 4.45. The van der Waals surface area contributed by atoms with Crippen LogP contribution in [-0.4, -0.2) is 25.7 Å². The van der Waals surface area contributed by atoms with E-state index in [-0.39, 0.29) is 17.3 Å². The highest BCUT2D eigenvalue weighted by Crippen LogP contribution is 2.49. The van der Waals surface area contributed by atoms with E-state index in [9.17, 15) is 4.79 Å². The highest BCUT2D eigenvalue weighted by atomic mass is 16.5. The summed E-state index contributed by atoms with van der Waals surface area (Å²) in [6, 6.07) is 0. The van der Waals surface area contributed by atoms with Crippen molar-refractivity contribution in [2.45, 2.75) is 40.0 Å². The SMILES string of the molecule is CCOC(=O)C1CNCC12CC(C)CC(C)C2. The van der Waals surface area contributed by atoms with Crippen LogP contribution in [0.3, 0.4) is 0 Å². The lowest BCUT2D eigenvalue weighted by molar-refractivity contribution is -0.152. The summed E-state index contributed by atoms with van der Waals surface area (Å²) in [5.41, 5.74) is 0.170. The highest BCUT2D eigenvalue weighted by molar-refractivity contribution is 5.74. The van der Waals surface area contributed by atoms with E-state index in [1.807, 2.05) is 6.92 Å². The van der Waals surface area contributed by atoms with Crippen LogP contribution in [0.1, 0.15) is 40.0 Å². The minimum Gasteiger partial charge on any atom is -0.466 e. The average molecular weight is 239 g/mol. The first-order valence-electron chi connectivity index (χ1n) is 6.95. The van der Waals surface area contributed by atoms with Crippen molar-refractivity contribution in [2.75, 3.05) is 19.7 Å². The van der Waals surface area contributed by atoms with Gasteiger partial charge in [0.15, 0.2) is 0 Å². The molecule has 3 unspecified atom stereocenters. The maximum Gasteiger partial charge on any atom is 0.310 e. The Morgan fingerprint density at radius 1 is 1.35 bits per heavy atom. The van der Waals surface area contributed by atoms with E-state index in [0.29, 0.717) is 6.61 Å². The smallest absolute Gasteiger partial charge is 0.310 e. The van der Waals surface area contributed by atoms with Crippen LogP contribution in [0, 0.1) is 23.2 Å². The number of hydrogen-bond acceptors (Lipinski definition) is 3. The van der Waals surface area contributed by atoms with Crippen molar-refractivity contribution in [3.63, 3.8) is 0 Å². The van der Waals surface area contributed by atoms with E-state index >= 15 is 0 Å². The topological polar surface area (TPSA) is 38.3 Å². The van der Waals surface area contributed by atoms with Crippen molar-refractivity contribution in [1.82, 2.24) is 5.32 Å². The zero-order valence-corrected chi connectivity index (χ0v) is 11.3. The lowest BCUT2D eigenvalue weighted by Crippen LogP contribution is -2.41. The van der Waals surface area contributed by atoms with E-state index in [1.54, 1.807) is 0 Å². The van der Waals surface area contributed by atoms with E-state index in [0.717, 1.165) is 24.9 Å². The Morgan fingerprint density at radius 2 is 2.00 bits per heavy atom. The van der Waals surface area contributed by atoms with Gasteiger partial charge < -0.3 is 10.1 Å². The Hall–Kier alpha value is -0.570. The predicted octanol–water partition coefficient (Wildman–Crippen LogP) is 2.21. The molecule has 0 aromatic rings. The van der Waals surface area contributed by atoms with Gasteiger partial charge in [0.05, 0.1) is 12.5 Å². The molecule has 2 aliphatic rings. The van der Waals surface area contributed by atoms with Gasteiger partial charge in [0.2, 0.25) is 0 Å². The Balaban J connectivity index is 2.13. The monoisotopic (exact) mass is 239 g/mol. The molecule has 1 saturated heterocycles. The molecule has 0 aromatic carbocycles. The van der Waals surface area contributed by atoms with Gasteiger partial charge in [0, 0.05) is 13.1 Å². The first-order chi connectivity index (χ1) is 8.07. The molecule has 3 nitrogen and oxygen atoms in total. The standard InChI is InChI=1S/C14H25NO2/c1-4-17-13(16)12-8-15-9-14(12)6-10(2)5-11(3)7-14/h10-12,15H,4-9H2,1-3H3. The third kappa shape index (κ3) is 2.49. The van der Waals surface area contributed by atoms with Gasteiger partial charge in [-0.05, 0) is 43.4 Å². The third-order valence-corrected chi connectivity index (χ3v) is 4.45. The largest absolute Gasteiger partial charge is 0.466 e. The molecule has 17 heavy (non-hydrogen) atoms.